The minimum absolute atomic E-state index is 0. The van der Waals surface area contributed by atoms with Crippen LogP contribution in [0.4, 0.5) is 0 Å². The van der Waals surface area contributed by atoms with Gasteiger partial charge in [0.2, 0.25) is 0 Å². The number of rotatable bonds is 0. The van der Waals surface area contributed by atoms with Gasteiger partial charge in [0.1, 0.15) is 18.2 Å². The first-order valence-electron chi connectivity index (χ1n) is 17.1. The normalized spacial score (nSPS) is 8.61. The van der Waals surface area contributed by atoms with Crippen molar-refractivity contribution in [1.29, 1.82) is 0 Å². The predicted molar refractivity (Wildman–Crippen MR) is 219 cm³/mol. The summed E-state index contributed by atoms with van der Waals surface area (Å²) < 4.78 is 16.0. The van der Waals surface area contributed by atoms with Gasteiger partial charge >= 0.3 is 0 Å². The van der Waals surface area contributed by atoms with Crippen LogP contribution in [0.5, 0.6) is 5.75 Å². The molecule has 0 aromatic heterocycles. The van der Waals surface area contributed by atoms with Crippen molar-refractivity contribution in [3.05, 3.63) is 72.5 Å². The van der Waals surface area contributed by atoms with Gasteiger partial charge in [-0.3, -0.25) is 10.6 Å². The molecule has 3 aliphatic heterocycles. The Bertz CT molecular complexity index is 705. The zero-order valence-electron chi connectivity index (χ0n) is 62.9. The van der Waals surface area contributed by atoms with Crippen LogP contribution in [0.15, 0.2) is 24.3 Å². The predicted octanol–water partition coefficient (Wildman–Crippen LogP) is 11.9. The maximum absolute atomic E-state index is 5.67. The molecule has 3 heterocycles. The number of benzene rings is 1. The molecule has 93 heavy (non-hydrogen) atoms. The van der Waals surface area contributed by atoms with E-state index < -0.39 is 0 Å². The first-order valence-corrected chi connectivity index (χ1v) is 17.1. The van der Waals surface area contributed by atoms with E-state index in [4.69, 9.17) is 14.2 Å². The molecule has 2 saturated heterocycles. The maximum atomic E-state index is 5.67. The third-order valence-corrected chi connectivity index (χ3v) is 4.81. The van der Waals surface area contributed by atoms with Crippen LogP contribution in [0.1, 0.15) is 142 Å². The Balaban J connectivity index is -0.00000000280. The van der Waals surface area contributed by atoms with E-state index in [1.54, 1.807) is 0 Å². The van der Waals surface area contributed by atoms with Gasteiger partial charge in [-0.15, -0.1) is 0 Å². The van der Waals surface area contributed by atoms with Gasteiger partial charge in [0, 0.05) is 1560 Å². The van der Waals surface area contributed by atoms with Crippen molar-refractivity contribution in [2.24, 2.45) is 0 Å². The second-order valence-corrected chi connectivity index (χ2v) is 7.16. The van der Waals surface area contributed by atoms with E-state index in [0.29, 0.717) is 0 Å². The molecule has 0 amide bonds. The van der Waals surface area contributed by atoms with Crippen LogP contribution in [0.25, 0.3) is 5.70 Å². The molecule has 3 unspecified atom stereocenters. The smallest absolute Gasteiger partial charge is 0.167 e. The Kier molecular flexibility index (Phi) is 1530. The Morgan fingerprint density at radius 2 is 0.484 bits per heavy atom. The molecule has 0 spiro atoms. The summed E-state index contributed by atoms with van der Waals surface area (Å²) in [6.45, 7) is 38.2. The molecule has 4 aliphatic rings. The van der Waals surface area contributed by atoms with Gasteiger partial charge in [-0.05, 0) is 64.8 Å². The van der Waals surface area contributed by atoms with Crippen molar-refractivity contribution >= 4 is 5.70 Å². The van der Waals surface area contributed by atoms with E-state index in [-0.39, 0.29) is 1590 Å². The molecule has 0 bridgehead atoms. The molecule has 0 saturated carbocycles. The van der Waals surface area contributed by atoms with Crippen molar-refractivity contribution in [3.8, 4) is 5.75 Å². The number of ether oxygens (including phenoxy) is 3. The fraction of sp³-hybridized carbons (Fsp3) is 0.675. The topological polar surface area (TPSA) is 63.8 Å². The third-order valence-electron chi connectivity index (χ3n) is 4.81. The van der Waals surface area contributed by atoms with Crippen LogP contribution in [0, 0.1) is 37.1 Å². The molecule has 47 radical (unpaired) electrons. The van der Waals surface area contributed by atoms with Crippen LogP contribution < -0.4 is 20.7 Å². The van der Waals surface area contributed by atoms with E-state index in [1.165, 1.54) is 16.8 Å². The average Bonchev–Trinajstić information content (AvgIpc) is 3.49. The van der Waals surface area contributed by atoms with Crippen LogP contribution in [0.3, 0.4) is 0 Å². The number of allylic oxidation sites excluding steroid dienone is 1. The first-order chi connectivity index (χ1) is 20.1. The first kappa shape index (κ1) is 390. The van der Waals surface area contributed by atoms with Crippen molar-refractivity contribution < 1.29 is 1550 Å². The zero-order chi connectivity index (χ0) is 33.1. The Hall–Kier alpha value is 50.3. The van der Waals surface area contributed by atoms with Gasteiger partial charge in [-0.2, -0.15) is 0 Å². The monoisotopic (exact) mass is 4840 g/mol. The van der Waals surface area contributed by atoms with E-state index in [9.17, 15) is 0 Å². The summed E-state index contributed by atoms with van der Waals surface area (Å²) in [4.78, 5) is 0. The number of hydrogen-bond donors (Lipinski definition) is 3. The zero-order valence-corrected chi connectivity index (χ0v) is 196. The minimum Gasteiger partial charge on any atom is -0.470 e. The molecule has 1 aromatic rings. The Morgan fingerprint density at radius 1 is 0.290 bits per heavy atom. The van der Waals surface area contributed by atoms with Crippen molar-refractivity contribution in [3.63, 3.8) is 0 Å². The molecule has 3 atom stereocenters. The second kappa shape index (κ2) is 364. The number of hydrogen-bond acceptors (Lipinski definition) is 6. The molecule has 429 valence electrons. The van der Waals surface area contributed by atoms with Crippen molar-refractivity contribution in [1.82, 2.24) is 16.0 Å². The summed E-state index contributed by atoms with van der Waals surface area (Å²) in [5.41, 5.74) is 3.87. The van der Waals surface area contributed by atoms with Gasteiger partial charge in [0.15, 0.2) is 6.23 Å². The molecule has 53 heteroatoms. The van der Waals surface area contributed by atoms with Gasteiger partial charge in [0.05, 0.1) is 0 Å². The summed E-state index contributed by atoms with van der Waals surface area (Å²) >= 11 is 0. The summed E-state index contributed by atoms with van der Waals surface area (Å²) in [5, 5.41) is 9.63. The van der Waals surface area contributed by atoms with E-state index >= 15 is 0 Å². The Labute approximate surface area is 1770 Å². The maximum Gasteiger partial charge on any atom is 0.167 e. The molecule has 3 N–H and O–H groups in total. The van der Waals surface area contributed by atoms with Crippen LogP contribution >= 0.6 is 0 Å². The van der Waals surface area contributed by atoms with E-state index in [2.05, 4.69) is 34.2 Å². The summed E-state index contributed by atoms with van der Waals surface area (Å²) in [6, 6.07) is 6.25. The van der Waals surface area contributed by atoms with Crippen molar-refractivity contribution in [2.75, 3.05) is 26.3 Å². The summed E-state index contributed by atoms with van der Waals surface area (Å²) in [7, 11) is 0. The summed E-state index contributed by atoms with van der Waals surface area (Å²) in [5.74, 6) is 1.02. The average molecular weight is 4840 g/mol. The fourth-order valence-corrected chi connectivity index (χ4v) is 3.43. The molecular formula is C40H90N3O3Y47-5. The summed E-state index contributed by atoms with van der Waals surface area (Å²) in [6.07, 6.45) is 6.23. The second-order valence-electron chi connectivity index (χ2n) is 7.16. The van der Waals surface area contributed by atoms with Gasteiger partial charge in [0.25, 0.3) is 0 Å². The molecular weight excluding hydrogens is 4750 g/mol. The van der Waals surface area contributed by atoms with Crippen LogP contribution in [0.2, 0.25) is 0 Å². The molecule has 1 aromatic carbocycles. The molecule has 1 aliphatic carbocycles. The largest absolute Gasteiger partial charge is 0.470 e. The standard InChI is InChI=1S/C11H11NO.2C5H11NO.7C2H6.5CH3.47Y/c1-7-12-9-6-5-8-3-2-4-10(13-7)11(8)9;2*1-5-6-3-2-4-7-5;7*1-2;;;;;;;;;;;;;;;;;;;;;;;;;;;;;;;;;;;;;;;;;;;;;;;;;;;;/h2-4,6-7,12H,5H2,1H3;2*5-6H,2-4H2,1H3;7*1-2H3;5*1H3;;;;;;;;;;;;;;;;;;;;;;;;;;;;;;;;;;;;;;;;;;;;;;;/q;;;;;;;;;;5*-1;;;;;;;;;;;;;;;;;;;;;;;;;;;;;;;;;;;;;;;;;;;;;;;. The third kappa shape index (κ3) is 296. The van der Waals surface area contributed by atoms with Crippen LogP contribution in [-0.4, -0.2) is 45.0 Å². The Morgan fingerprint density at radius 3 is 0.634 bits per heavy atom. The SMILES string of the molecule is CC.CC.CC.CC.CC.CC.CC.CC1NC2=CCc3cccc(c32)O1.CC1NCCCO1.CC1NCCCO1.[CH3-].[CH3-].[CH3-].[CH3-].[CH3-].[Y].[Y].[Y].[Y].[Y].[Y].[Y].[Y].[Y].[Y].[Y].[Y].[Y].[Y].[Y].[Y].[Y].[Y].[Y].[Y].[Y].[Y].[Y].[Y].[Y].[Y].[Y].[Y].[Y].[Y].[Y].[Y].[Y].[Y].[Y].[Y].[Y].[Y].[Y].[Y].[Y].[Y].[Y].[Y].[Y].[Y].[Y]. The van der Waals surface area contributed by atoms with Gasteiger partial charge in [-0.1, -0.05) is 115 Å². The number of nitrogens with one attached hydrogen (secondary N) is 3. The fourth-order valence-electron chi connectivity index (χ4n) is 3.43. The van der Waals surface area contributed by atoms with E-state index in [1.807, 2.05) is 124 Å². The van der Waals surface area contributed by atoms with E-state index in [0.717, 1.165) is 51.3 Å². The minimum atomic E-state index is 0. The van der Waals surface area contributed by atoms with Gasteiger partial charge in [-0.25, -0.2) is 0 Å². The van der Waals surface area contributed by atoms with Crippen LogP contribution in [-0.2, 0) is 1550 Å². The quantitative estimate of drug-likeness (QED) is 0.225. The molecule has 5 rings (SSSR count). The van der Waals surface area contributed by atoms with Crippen molar-refractivity contribution in [2.45, 2.75) is 156 Å². The van der Waals surface area contributed by atoms with Gasteiger partial charge < -0.3 is 56.7 Å². The molecule has 6 nitrogen and oxygen atoms in total. The molecule has 2 fully saturated rings.